The highest BCUT2D eigenvalue weighted by atomic mass is 19.4. The molecular weight excluding hydrogens is 440 g/mol. The summed E-state index contributed by atoms with van der Waals surface area (Å²) in [5.74, 6) is -0.427. The van der Waals surface area contributed by atoms with Gasteiger partial charge in [0.2, 0.25) is 0 Å². The van der Waals surface area contributed by atoms with Crippen molar-refractivity contribution in [3.8, 4) is 5.75 Å². The van der Waals surface area contributed by atoms with Crippen LogP contribution in [-0.4, -0.2) is 29.1 Å². The van der Waals surface area contributed by atoms with Crippen molar-refractivity contribution >= 4 is 11.6 Å². The topological polar surface area (TPSA) is 62.7 Å². The third-order valence-corrected chi connectivity index (χ3v) is 5.41. The van der Waals surface area contributed by atoms with Gasteiger partial charge in [-0.2, -0.15) is 13.2 Å². The minimum absolute atomic E-state index is 0.0646. The van der Waals surface area contributed by atoms with Crippen LogP contribution < -0.4 is 9.64 Å². The van der Waals surface area contributed by atoms with Gasteiger partial charge >= 0.3 is 6.18 Å². The van der Waals surface area contributed by atoms with Crippen molar-refractivity contribution in [3.05, 3.63) is 89.0 Å². The molecule has 0 fully saturated rings. The molecule has 1 atom stereocenters. The molecule has 4 rings (SSSR count). The Labute approximate surface area is 187 Å². The van der Waals surface area contributed by atoms with Gasteiger partial charge in [-0.25, -0.2) is 4.39 Å². The molecule has 0 saturated heterocycles. The number of aliphatic hydroxyl groups excluding tert-OH is 1. The van der Waals surface area contributed by atoms with Crippen LogP contribution in [0.15, 0.2) is 60.8 Å². The molecule has 0 spiro atoms. The van der Waals surface area contributed by atoms with E-state index in [4.69, 9.17) is 4.74 Å². The highest BCUT2D eigenvalue weighted by molar-refractivity contribution is 5.97. The number of hydrogen-bond donors (Lipinski definition) is 1. The molecule has 1 aromatic heterocycles. The molecule has 0 bridgehead atoms. The van der Waals surface area contributed by atoms with E-state index >= 15 is 0 Å². The summed E-state index contributed by atoms with van der Waals surface area (Å²) in [4.78, 5) is 18.4. The van der Waals surface area contributed by atoms with E-state index in [1.807, 2.05) is 0 Å². The maximum absolute atomic E-state index is 13.2. The van der Waals surface area contributed by atoms with Crippen LogP contribution in [0.1, 0.15) is 28.5 Å². The van der Waals surface area contributed by atoms with Crippen molar-refractivity contribution in [1.82, 2.24) is 4.98 Å². The zero-order chi connectivity index (χ0) is 23.6. The third kappa shape index (κ3) is 5.14. The molecule has 0 saturated carbocycles. The fourth-order valence-electron chi connectivity index (χ4n) is 3.61. The number of carbonyl (C=O) groups is 1. The minimum Gasteiger partial charge on any atom is -0.493 e. The van der Waals surface area contributed by atoms with Gasteiger partial charge in [-0.3, -0.25) is 9.78 Å². The van der Waals surface area contributed by atoms with E-state index in [1.54, 1.807) is 18.2 Å². The normalized spacial score (nSPS) is 13.8. The van der Waals surface area contributed by atoms with E-state index in [0.717, 1.165) is 35.7 Å². The Morgan fingerprint density at radius 2 is 1.88 bits per heavy atom. The summed E-state index contributed by atoms with van der Waals surface area (Å²) in [6, 6.07) is 12.3. The largest absolute Gasteiger partial charge is 0.493 e. The number of pyridine rings is 1. The molecule has 0 radical (unpaired) electrons. The molecule has 1 N–H and O–H groups in total. The standard InChI is InChI=1S/C24H20F4N2O3/c25-18-4-1-15(2-5-18)22(31)23(32)30(20-7-8-21-16(13-20)10-12-33-21)11-9-19-6-3-17(14-29-19)24(26,27)28/h1-8,13-14,22,31H,9-12H2/t22-/m0/s1. The molecule has 0 unspecified atom stereocenters. The summed E-state index contributed by atoms with van der Waals surface area (Å²) in [5.41, 5.74) is 1.15. The summed E-state index contributed by atoms with van der Waals surface area (Å²) >= 11 is 0. The summed E-state index contributed by atoms with van der Waals surface area (Å²) in [7, 11) is 0. The number of hydrogen-bond acceptors (Lipinski definition) is 4. The van der Waals surface area contributed by atoms with Gasteiger partial charge in [0.15, 0.2) is 6.10 Å². The van der Waals surface area contributed by atoms with Crippen molar-refractivity contribution in [2.75, 3.05) is 18.1 Å². The van der Waals surface area contributed by atoms with E-state index < -0.39 is 29.6 Å². The third-order valence-electron chi connectivity index (χ3n) is 5.41. The lowest BCUT2D eigenvalue weighted by Gasteiger charge is -2.26. The number of amides is 1. The average molecular weight is 460 g/mol. The van der Waals surface area contributed by atoms with Crippen molar-refractivity contribution in [2.24, 2.45) is 0 Å². The second-order valence-corrected chi connectivity index (χ2v) is 7.62. The smallest absolute Gasteiger partial charge is 0.417 e. The van der Waals surface area contributed by atoms with Crippen molar-refractivity contribution < 1.29 is 32.2 Å². The van der Waals surface area contributed by atoms with Crippen LogP contribution in [-0.2, 0) is 23.8 Å². The van der Waals surface area contributed by atoms with E-state index in [9.17, 15) is 27.5 Å². The first kappa shape index (κ1) is 22.7. The number of aromatic nitrogens is 1. The molecule has 2 aromatic carbocycles. The number of ether oxygens (including phenoxy) is 1. The van der Waals surface area contributed by atoms with Gasteiger partial charge in [-0.1, -0.05) is 12.1 Å². The van der Waals surface area contributed by atoms with Crippen molar-refractivity contribution in [2.45, 2.75) is 25.1 Å². The maximum atomic E-state index is 13.2. The van der Waals surface area contributed by atoms with Crippen LogP contribution in [0.2, 0.25) is 0 Å². The molecular formula is C24H20F4N2O3. The second kappa shape index (κ2) is 9.19. The number of halogens is 4. The van der Waals surface area contributed by atoms with E-state index in [0.29, 0.717) is 24.4 Å². The Balaban J connectivity index is 1.58. The highest BCUT2D eigenvalue weighted by Crippen LogP contribution is 2.31. The van der Waals surface area contributed by atoms with Crippen LogP contribution in [0.5, 0.6) is 5.75 Å². The molecule has 172 valence electrons. The molecule has 33 heavy (non-hydrogen) atoms. The monoisotopic (exact) mass is 460 g/mol. The Bertz CT molecular complexity index is 1130. The van der Waals surface area contributed by atoms with Crippen LogP contribution in [0.3, 0.4) is 0 Å². The van der Waals surface area contributed by atoms with Crippen LogP contribution in [0.4, 0.5) is 23.2 Å². The highest BCUT2D eigenvalue weighted by Gasteiger charge is 2.31. The van der Waals surface area contributed by atoms with Crippen LogP contribution >= 0.6 is 0 Å². The fourth-order valence-corrected chi connectivity index (χ4v) is 3.61. The summed E-state index contributed by atoms with van der Waals surface area (Å²) in [5, 5.41) is 10.6. The molecule has 1 amide bonds. The lowest BCUT2D eigenvalue weighted by Crippen LogP contribution is -2.37. The summed E-state index contributed by atoms with van der Waals surface area (Å²) in [6.07, 6.45) is -4.45. The second-order valence-electron chi connectivity index (χ2n) is 7.62. The number of fused-ring (bicyclic) bond motifs is 1. The van der Waals surface area contributed by atoms with Gasteiger partial charge in [-0.05, 0) is 53.6 Å². The van der Waals surface area contributed by atoms with E-state index in [1.165, 1.54) is 23.1 Å². The Hall–Kier alpha value is -3.46. The maximum Gasteiger partial charge on any atom is 0.417 e. The number of carbonyl (C=O) groups excluding carboxylic acids is 1. The number of aliphatic hydroxyl groups is 1. The predicted octanol–water partition coefficient (Wildman–Crippen LogP) is 4.48. The fraction of sp³-hybridized carbons (Fsp3) is 0.250. The van der Waals surface area contributed by atoms with E-state index in [2.05, 4.69) is 4.98 Å². The SMILES string of the molecule is O=C([C@@H](O)c1ccc(F)cc1)N(CCc1ccc(C(F)(F)F)cn1)c1ccc2c(c1)CCO2. The van der Waals surface area contributed by atoms with E-state index in [-0.39, 0.29) is 18.5 Å². The first-order valence-electron chi connectivity index (χ1n) is 10.2. The zero-order valence-electron chi connectivity index (χ0n) is 17.3. The van der Waals surface area contributed by atoms with Gasteiger partial charge in [0.05, 0.1) is 12.2 Å². The number of nitrogens with zero attached hydrogens (tertiary/aromatic N) is 2. The zero-order valence-corrected chi connectivity index (χ0v) is 17.3. The van der Waals surface area contributed by atoms with Crippen LogP contribution in [0.25, 0.3) is 0 Å². The molecule has 9 heteroatoms. The number of alkyl halides is 3. The average Bonchev–Trinajstić information content (AvgIpc) is 3.27. The van der Waals surface area contributed by atoms with Crippen molar-refractivity contribution in [1.29, 1.82) is 0 Å². The predicted molar refractivity (Wildman–Crippen MR) is 112 cm³/mol. The first-order chi connectivity index (χ1) is 15.7. The van der Waals surface area contributed by atoms with Gasteiger partial charge in [0.25, 0.3) is 5.91 Å². The molecule has 1 aliphatic heterocycles. The van der Waals surface area contributed by atoms with Gasteiger partial charge < -0.3 is 14.7 Å². The quantitative estimate of drug-likeness (QED) is 0.551. The molecule has 0 aliphatic carbocycles. The van der Waals surface area contributed by atoms with Gasteiger partial charge in [-0.15, -0.1) is 0 Å². The summed E-state index contributed by atoms with van der Waals surface area (Å²) in [6.45, 7) is 0.593. The van der Waals surface area contributed by atoms with Crippen LogP contribution in [0, 0.1) is 5.82 Å². The first-order valence-corrected chi connectivity index (χ1v) is 10.2. The Kier molecular flexibility index (Phi) is 6.33. The lowest BCUT2D eigenvalue weighted by atomic mass is 10.1. The number of benzene rings is 2. The number of anilines is 1. The Morgan fingerprint density at radius 1 is 1.12 bits per heavy atom. The summed E-state index contributed by atoms with van der Waals surface area (Å²) < 4.78 is 57.1. The van der Waals surface area contributed by atoms with Gasteiger partial charge in [0, 0.05) is 37.0 Å². The molecule has 3 aromatic rings. The number of rotatable bonds is 6. The van der Waals surface area contributed by atoms with Gasteiger partial charge in [0.1, 0.15) is 11.6 Å². The minimum atomic E-state index is -4.49. The molecule has 5 nitrogen and oxygen atoms in total. The Morgan fingerprint density at radius 3 is 2.55 bits per heavy atom. The molecule has 2 heterocycles. The lowest BCUT2D eigenvalue weighted by molar-refractivity contribution is -0.137. The van der Waals surface area contributed by atoms with Crippen molar-refractivity contribution in [3.63, 3.8) is 0 Å². The molecule has 1 aliphatic rings.